The highest BCUT2D eigenvalue weighted by Crippen LogP contribution is 1.88. The van der Waals surface area contributed by atoms with Crippen LogP contribution in [0.3, 0.4) is 0 Å². The second-order valence-corrected chi connectivity index (χ2v) is 3.74. The Kier molecular flexibility index (Phi) is 5.39. The van der Waals surface area contributed by atoms with Crippen LogP contribution in [-0.2, 0) is 14.6 Å². The molecule has 0 aliphatic rings. The normalized spacial score (nSPS) is 12.3. The van der Waals surface area contributed by atoms with Crippen LogP contribution in [0.25, 0.3) is 0 Å². The van der Waals surface area contributed by atoms with Crippen molar-refractivity contribution in [2.24, 2.45) is 0 Å². The van der Waals surface area contributed by atoms with Crippen LogP contribution in [0.5, 0.6) is 0 Å². The third kappa shape index (κ3) is 9.83. The highest BCUT2D eigenvalue weighted by Gasteiger charge is 1.95. The van der Waals surface area contributed by atoms with E-state index in [9.17, 15) is 13.0 Å². The van der Waals surface area contributed by atoms with Gasteiger partial charge < -0.3 is 9.87 Å². The Morgan fingerprint density at radius 3 is 2.50 bits per heavy atom. The van der Waals surface area contributed by atoms with Gasteiger partial charge in [-0.15, -0.1) is 0 Å². The fraction of sp³-hybridized carbons (Fsp3) is 1.00. The monoisotopic (exact) mass is 196 g/mol. The van der Waals surface area contributed by atoms with Crippen molar-refractivity contribution in [2.75, 3.05) is 13.2 Å². The summed E-state index contributed by atoms with van der Waals surface area (Å²) in [7, 11) is -4.50. The highest BCUT2D eigenvalue weighted by molar-refractivity contribution is 7.80. The molecule has 12 heavy (non-hydrogen) atoms. The Balaban J connectivity index is 3.23. The summed E-state index contributed by atoms with van der Waals surface area (Å²) in [6.45, 7) is 4.55. The predicted molar refractivity (Wildman–Crippen MR) is 43.4 cm³/mol. The van der Waals surface area contributed by atoms with Crippen molar-refractivity contribution in [3.05, 3.63) is 0 Å². The maximum absolute atomic E-state index is 9.93. The Labute approximate surface area is 73.1 Å². The van der Waals surface area contributed by atoms with Gasteiger partial charge in [0, 0.05) is 6.04 Å². The summed E-state index contributed by atoms with van der Waals surface area (Å²) in [6.07, 6.45) is 0.514. The minimum Gasteiger partial charge on any atom is -0.726 e. The van der Waals surface area contributed by atoms with E-state index in [0.717, 1.165) is 0 Å². The predicted octanol–water partition coefficient (Wildman–Crippen LogP) is -0.149. The molecule has 0 saturated heterocycles. The minimum atomic E-state index is -4.50. The molecule has 0 aromatic carbocycles. The minimum absolute atomic E-state index is 0.0500. The third-order valence-corrected chi connectivity index (χ3v) is 1.56. The summed E-state index contributed by atoms with van der Waals surface area (Å²) in [4.78, 5) is 0. The maximum Gasteiger partial charge on any atom is 0.217 e. The molecule has 5 nitrogen and oxygen atoms in total. The van der Waals surface area contributed by atoms with Crippen LogP contribution in [0.2, 0.25) is 0 Å². The van der Waals surface area contributed by atoms with Gasteiger partial charge in [0.2, 0.25) is 10.4 Å². The molecule has 0 aliphatic heterocycles. The van der Waals surface area contributed by atoms with Gasteiger partial charge in [0.1, 0.15) is 0 Å². The highest BCUT2D eigenvalue weighted by atomic mass is 32.3. The molecular weight excluding hydrogens is 182 g/mol. The van der Waals surface area contributed by atoms with Crippen molar-refractivity contribution < 1.29 is 17.2 Å². The van der Waals surface area contributed by atoms with E-state index in [0.29, 0.717) is 19.0 Å². The molecule has 0 fully saturated rings. The quantitative estimate of drug-likeness (QED) is 0.363. The Hall–Kier alpha value is -0.170. The summed E-state index contributed by atoms with van der Waals surface area (Å²) in [5.74, 6) is 0. The molecular formula is C6H14NO4S-. The topological polar surface area (TPSA) is 78.5 Å². The SMILES string of the molecule is CC(C)NCCCOS(=O)(=O)[O-]. The first-order valence-electron chi connectivity index (χ1n) is 3.75. The van der Waals surface area contributed by atoms with E-state index in [-0.39, 0.29) is 6.61 Å². The van der Waals surface area contributed by atoms with Gasteiger partial charge >= 0.3 is 0 Å². The molecule has 6 heteroatoms. The summed E-state index contributed by atoms with van der Waals surface area (Å²) >= 11 is 0. The summed E-state index contributed by atoms with van der Waals surface area (Å²) < 4.78 is 33.8. The molecule has 0 amide bonds. The van der Waals surface area contributed by atoms with Crippen LogP contribution in [0.15, 0.2) is 0 Å². The van der Waals surface area contributed by atoms with Gasteiger partial charge in [0.05, 0.1) is 6.61 Å². The Bertz CT molecular complexity index is 200. The molecule has 0 aromatic heterocycles. The molecule has 0 spiro atoms. The first-order valence-corrected chi connectivity index (χ1v) is 5.09. The molecule has 0 aromatic rings. The molecule has 0 rings (SSSR count). The number of hydrogen-bond donors (Lipinski definition) is 1. The zero-order valence-corrected chi connectivity index (χ0v) is 8.06. The van der Waals surface area contributed by atoms with Gasteiger partial charge in [-0.2, -0.15) is 0 Å². The third-order valence-electron chi connectivity index (χ3n) is 1.10. The molecule has 0 atom stereocenters. The number of rotatable bonds is 6. The zero-order chi connectivity index (χ0) is 9.61. The van der Waals surface area contributed by atoms with Gasteiger partial charge in [-0.05, 0) is 13.0 Å². The molecule has 0 unspecified atom stereocenters. The van der Waals surface area contributed by atoms with Gasteiger partial charge in [-0.1, -0.05) is 13.8 Å². The van der Waals surface area contributed by atoms with E-state index in [1.165, 1.54) is 0 Å². The average molecular weight is 196 g/mol. The average Bonchev–Trinajstić information content (AvgIpc) is 1.83. The van der Waals surface area contributed by atoms with Gasteiger partial charge in [-0.3, -0.25) is 4.18 Å². The standard InChI is InChI=1S/C6H15NO4S/c1-6(2)7-4-3-5-11-12(8,9)10/h6-7H,3-5H2,1-2H3,(H,8,9,10)/p-1. The van der Waals surface area contributed by atoms with Crippen molar-refractivity contribution in [2.45, 2.75) is 26.3 Å². The smallest absolute Gasteiger partial charge is 0.217 e. The maximum atomic E-state index is 9.93. The number of hydrogen-bond acceptors (Lipinski definition) is 5. The van der Waals surface area contributed by atoms with E-state index >= 15 is 0 Å². The van der Waals surface area contributed by atoms with E-state index in [1.807, 2.05) is 13.8 Å². The molecule has 0 bridgehead atoms. The van der Waals surface area contributed by atoms with Crippen LogP contribution < -0.4 is 5.32 Å². The zero-order valence-electron chi connectivity index (χ0n) is 7.24. The van der Waals surface area contributed by atoms with Crippen molar-refractivity contribution in [3.8, 4) is 0 Å². The van der Waals surface area contributed by atoms with Crippen LogP contribution >= 0.6 is 0 Å². The molecule has 0 aliphatic carbocycles. The molecule has 0 radical (unpaired) electrons. The fourth-order valence-corrected chi connectivity index (χ4v) is 0.946. The fourth-order valence-electron chi connectivity index (χ4n) is 0.624. The second-order valence-electron chi connectivity index (χ2n) is 2.69. The van der Waals surface area contributed by atoms with E-state index in [2.05, 4.69) is 9.50 Å². The van der Waals surface area contributed by atoms with Crippen molar-refractivity contribution in [3.63, 3.8) is 0 Å². The Morgan fingerprint density at radius 1 is 1.50 bits per heavy atom. The van der Waals surface area contributed by atoms with Gasteiger partial charge in [0.15, 0.2) is 0 Å². The molecule has 1 N–H and O–H groups in total. The van der Waals surface area contributed by atoms with Gasteiger partial charge in [0.25, 0.3) is 0 Å². The Morgan fingerprint density at radius 2 is 2.08 bits per heavy atom. The summed E-state index contributed by atoms with van der Waals surface area (Å²) in [6, 6.07) is 0.355. The lowest BCUT2D eigenvalue weighted by Crippen LogP contribution is -2.24. The van der Waals surface area contributed by atoms with Crippen LogP contribution in [0, 0.1) is 0 Å². The van der Waals surface area contributed by atoms with Crippen molar-refractivity contribution in [1.29, 1.82) is 0 Å². The van der Waals surface area contributed by atoms with Crippen LogP contribution in [0.1, 0.15) is 20.3 Å². The van der Waals surface area contributed by atoms with E-state index in [1.54, 1.807) is 0 Å². The van der Waals surface area contributed by atoms with Crippen LogP contribution in [-0.4, -0.2) is 32.2 Å². The largest absolute Gasteiger partial charge is 0.726 e. The molecule has 0 heterocycles. The first kappa shape index (κ1) is 11.8. The lowest BCUT2D eigenvalue weighted by molar-refractivity contribution is 0.256. The summed E-state index contributed by atoms with van der Waals surface area (Å²) in [5, 5.41) is 3.05. The van der Waals surface area contributed by atoms with Crippen LogP contribution in [0.4, 0.5) is 0 Å². The molecule has 0 saturated carbocycles. The van der Waals surface area contributed by atoms with Gasteiger partial charge in [-0.25, -0.2) is 8.42 Å². The lowest BCUT2D eigenvalue weighted by Gasteiger charge is -2.09. The van der Waals surface area contributed by atoms with Crippen molar-refractivity contribution in [1.82, 2.24) is 5.32 Å². The van der Waals surface area contributed by atoms with Crippen molar-refractivity contribution >= 4 is 10.4 Å². The van der Waals surface area contributed by atoms with E-state index in [4.69, 9.17) is 0 Å². The summed E-state index contributed by atoms with van der Waals surface area (Å²) in [5.41, 5.74) is 0. The van der Waals surface area contributed by atoms with E-state index < -0.39 is 10.4 Å². The molecule has 74 valence electrons. The first-order chi connectivity index (χ1) is 5.42. The number of nitrogens with one attached hydrogen (secondary N) is 1. The lowest BCUT2D eigenvalue weighted by atomic mass is 10.3. The second kappa shape index (κ2) is 5.47.